The molecule has 1 aromatic rings. The largest absolute Gasteiger partial charge is 0.400 e. The zero-order chi connectivity index (χ0) is 15.2. The quantitative estimate of drug-likeness (QED) is 0.575. The SMILES string of the molecule is CO.COC1(OC)CC(c2ccc(N)cc2)=CC=C1N. The number of hydrogen-bond acceptors (Lipinski definition) is 5. The van der Waals surface area contributed by atoms with Gasteiger partial charge in [0.25, 0.3) is 0 Å². The van der Waals surface area contributed by atoms with Crippen molar-refractivity contribution >= 4 is 11.3 Å². The summed E-state index contributed by atoms with van der Waals surface area (Å²) < 4.78 is 10.9. The van der Waals surface area contributed by atoms with Gasteiger partial charge in [-0.05, 0) is 29.3 Å². The van der Waals surface area contributed by atoms with E-state index < -0.39 is 5.79 Å². The van der Waals surface area contributed by atoms with E-state index >= 15 is 0 Å². The smallest absolute Gasteiger partial charge is 0.213 e. The number of methoxy groups -OCH3 is 2. The van der Waals surface area contributed by atoms with Gasteiger partial charge in [0, 0.05) is 33.4 Å². The molecule has 0 fully saturated rings. The summed E-state index contributed by atoms with van der Waals surface area (Å²) in [7, 11) is 4.19. The number of rotatable bonds is 3. The van der Waals surface area contributed by atoms with Gasteiger partial charge in [-0.3, -0.25) is 0 Å². The number of aliphatic hydroxyl groups excluding tert-OH is 1. The molecule has 0 unspecified atom stereocenters. The van der Waals surface area contributed by atoms with Gasteiger partial charge >= 0.3 is 0 Å². The molecule has 0 atom stereocenters. The molecule has 0 bridgehead atoms. The molecule has 110 valence electrons. The first kappa shape index (κ1) is 16.2. The predicted octanol–water partition coefficient (Wildman–Crippen LogP) is 1.50. The summed E-state index contributed by atoms with van der Waals surface area (Å²) in [4.78, 5) is 0. The molecule has 0 aliphatic heterocycles. The number of hydrogen-bond donors (Lipinski definition) is 3. The Morgan fingerprint density at radius 3 is 2.05 bits per heavy atom. The Labute approximate surface area is 119 Å². The second kappa shape index (κ2) is 7.09. The zero-order valence-electron chi connectivity index (χ0n) is 12.1. The number of ether oxygens (including phenoxy) is 2. The van der Waals surface area contributed by atoms with Crippen molar-refractivity contribution in [3.05, 3.63) is 47.7 Å². The molecule has 0 radical (unpaired) electrons. The molecule has 0 aromatic heterocycles. The first-order valence-corrected chi connectivity index (χ1v) is 6.19. The third-order valence-electron chi connectivity index (χ3n) is 3.27. The Morgan fingerprint density at radius 2 is 1.55 bits per heavy atom. The van der Waals surface area contributed by atoms with Crippen LogP contribution in [-0.4, -0.2) is 32.2 Å². The van der Waals surface area contributed by atoms with Crippen LogP contribution in [0.15, 0.2) is 42.1 Å². The summed E-state index contributed by atoms with van der Waals surface area (Å²) in [5, 5.41) is 7.00. The molecule has 0 saturated carbocycles. The summed E-state index contributed by atoms with van der Waals surface area (Å²) in [6, 6.07) is 7.71. The zero-order valence-corrected chi connectivity index (χ0v) is 12.1. The molecule has 1 aliphatic carbocycles. The highest BCUT2D eigenvalue weighted by Crippen LogP contribution is 2.35. The van der Waals surface area contributed by atoms with Crippen LogP contribution in [0.3, 0.4) is 0 Å². The summed E-state index contributed by atoms with van der Waals surface area (Å²) in [6.07, 6.45) is 4.38. The van der Waals surface area contributed by atoms with E-state index in [1.54, 1.807) is 14.2 Å². The fourth-order valence-corrected chi connectivity index (χ4v) is 2.09. The van der Waals surface area contributed by atoms with Gasteiger partial charge in [0.15, 0.2) is 0 Å². The fourth-order valence-electron chi connectivity index (χ4n) is 2.09. The minimum absolute atomic E-state index is 0.576. The summed E-state index contributed by atoms with van der Waals surface area (Å²) in [5.41, 5.74) is 15.1. The number of allylic oxidation sites excluding steroid dienone is 2. The van der Waals surface area contributed by atoms with Gasteiger partial charge in [0.2, 0.25) is 5.79 Å². The van der Waals surface area contributed by atoms with Crippen molar-refractivity contribution in [1.82, 2.24) is 0 Å². The number of benzene rings is 1. The van der Waals surface area contributed by atoms with Crippen LogP contribution in [0.5, 0.6) is 0 Å². The van der Waals surface area contributed by atoms with Gasteiger partial charge in [-0.2, -0.15) is 0 Å². The van der Waals surface area contributed by atoms with Gasteiger partial charge in [0.1, 0.15) is 0 Å². The molecule has 2 rings (SSSR count). The Hall–Kier alpha value is -1.82. The molecule has 1 aromatic carbocycles. The number of aliphatic hydroxyl groups is 1. The van der Waals surface area contributed by atoms with Crippen molar-refractivity contribution in [2.24, 2.45) is 5.73 Å². The Balaban J connectivity index is 0.000000956. The van der Waals surface area contributed by atoms with Crippen molar-refractivity contribution in [3.8, 4) is 0 Å². The molecule has 5 N–H and O–H groups in total. The van der Waals surface area contributed by atoms with Gasteiger partial charge in [-0.15, -0.1) is 0 Å². The van der Waals surface area contributed by atoms with E-state index in [0.717, 1.165) is 23.9 Å². The standard InChI is InChI=1S/C14H18N2O2.CH4O/c1-17-14(18-2)9-11(5-8-13(14)16)10-3-6-12(15)7-4-10;1-2/h3-8H,9,15-16H2,1-2H3;2H,1H3. The van der Waals surface area contributed by atoms with E-state index in [1.807, 2.05) is 36.4 Å². The lowest BCUT2D eigenvalue weighted by Gasteiger charge is -2.34. The highest BCUT2D eigenvalue weighted by Gasteiger charge is 2.36. The van der Waals surface area contributed by atoms with Crippen molar-refractivity contribution in [2.75, 3.05) is 27.1 Å². The molecule has 5 nitrogen and oxygen atoms in total. The topological polar surface area (TPSA) is 90.7 Å². The van der Waals surface area contributed by atoms with Crippen molar-refractivity contribution in [3.63, 3.8) is 0 Å². The normalized spacial score (nSPS) is 16.6. The Bertz CT molecular complexity index is 488. The molecule has 0 amide bonds. The van der Waals surface area contributed by atoms with Crippen LogP contribution in [0.1, 0.15) is 12.0 Å². The highest BCUT2D eigenvalue weighted by molar-refractivity contribution is 5.71. The van der Waals surface area contributed by atoms with Crippen LogP contribution in [0.2, 0.25) is 0 Å². The average Bonchev–Trinajstić information content (AvgIpc) is 2.51. The maximum absolute atomic E-state index is 7.00. The van der Waals surface area contributed by atoms with Gasteiger partial charge in [-0.25, -0.2) is 0 Å². The second-order valence-corrected chi connectivity index (χ2v) is 4.27. The van der Waals surface area contributed by atoms with Gasteiger partial charge < -0.3 is 26.0 Å². The molecular weight excluding hydrogens is 256 g/mol. The molecular formula is C15H22N2O3. The van der Waals surface area contributed by atoms with E-state index in [9.17, 15) is 0 Å². The van der Waals surface area contributed by atoms with E-state index in [4.69, 9.17) is 26.0 Å². The monoisotopic (exact) mass is 278 g/mol. The minimum Gasteiger partial charge on any atom is -0.400 e. The van der Waals surface area contributed by atoms with Crippen LogP contribution >= 0.6 is 0 Å². The van der Waals surface area contributed by atoms with Crippen molar-refractivity contribution in [1.29, 1.82) is 0 Å². The predicted molar refractivity (Wildman–Crippen MR) is 80.6 cm³/mol. The minimum atomic E-state index is -0.870. The summed E-state index contributed by atoms with van der Waals surface area (Å²) in [5.74, 6) is -0.870. The summed E-state index contributed by atoms with van der Waals surface area (Å²) in [6.45, 7) is 0. The average molecular weight is 278 g/mol. The van der Waals surface area contributed by atoms with E-state index in [2.05, 4.69) is 0 Å². The van der Waals surface area contributed by atoms with E-state index in [1.165, 1.54) is 0 Å². The van der Waals surface area contributed by atoms with Crippen LogP contribution < -0.4 is 11.5 Å². The van der Waals surface area contributed by atoms with Crippen molar-refractivity contribution < 1.29 is 14.6 Å². The lowest BCUT2D eigenvalue weighted by Crippen LogP contribution is -2.41. The fraction of sp³-hybridized carbons (Fsp3) is 0.333. The number of nitrogen functional groups attached to an aromatic ring is 1. The third-order valence-corrected chi connectivity index (χ3v) is 3.27. The second-order valence-electron chi connectivity index (χ2n) is 4.27. The number of anilines is 1. The van der Waals surface area contributed by atoms with Gasteiger partial charge in [-0.1, -0.05) is 18.2 Å². The van der Waals surface area contributed by atoms with Crippen LogP contribution in [-0.2, 0) is 9.47 Å². The molecule has 0 saturated heterocycles. The van der Waals surface area contributed by atoms with E-state index in [-0.39, 0.29) is 0 Å². The highest BCUT2D eigenvalue weighted by atomic mass is 16.7. The maximum Gasteiger partial charge on any atom is 0.213 e. The lowest BCUT2D eigenvalue weighted by molar-refractivity contribution is -0.175. The maximum atomic E-state index is 7.00. The molecule has 1 aliphatic rings. The van der Waals surface area contributed by atoms with Crippen molar-refractivity contribution in [2.45, 2.75) is 12.2 Å². The molecule has 20 heavy (non-hydrogen) atoms. The van der Waals surface area contributed by atoms with Crippen LogP contribution in [0.4, 0.5) is 5.69 Å². The van der Waals surface area contributed by atoms with E-state index in [0.29, 0.717) is 12.1 Å². The molecule has 0 heterocycles. The lowest BCUT2D eigenvalue weighted by atomic mass is 9.91. The Morgan fingerprint density at radius 1 is 1.00 bits per heavy atom. The first-order chi connectivity index (χ1) is 9.61. The third kappa shape index (κ3) is 3.19. The van der Waals surface area contributed by atoms with Gasteiger partial charge in [0.05, 0.1) is 5.70 Å². The number of nitrogens with two attached hydrogens (primary N) is 2. The molecule has 0 spiro atoms. The Kier molecular flexibility index (Phi) is 5.76. The summed E-state index contributed by atoms with van der Waals surface area (Å²) >= 11 is 0. The first-order valence-electron chi connectivity index (χ1n) is 6.19. The van der Waals surface area contributed by atoms with Crippen LogP contribution in [0.25, 0.3) is 5.57 Å². The molecule has 5 heteroatoms. The van der Waals surface area contributed by atoms with Crippen LogP contribution in [0, 0.1) is 0 Å².